The Kier molecular flexibility index (Phi) is 6.47. The molecular weight excluding hydrogens is 443 g/mol. The van der Waals surface area contributed by atoms with Crippen molar-refractivity contribution >= 4 is 24.4 Å². The van der Waals surface area contributed by atoms with Crippen molar-refractivity contribution in [2.24, 2.45) is 4.99 Å². The molecule has 1 saturated carbocycles. The summed E-state index contributed by atoms with van der Waals surface area (Å²) in [6.07, 6.45) is 6.67. The number of hydrogen-bond acceptors (Lipinski definition) is 2. The van der Waals surface area contributed by atoms with E-state index in [1.165, 1.54) is 33.3 Å². The zero-order valence-electron chi connectivity index (χ0n) is 19.3. The summed E-state index contributed by atoms with van der Waals surface area (Å²) in [5.41, 5.74) is 3.82. The first-order valence-corrected chi connectivity index (χ1v) is 13.3. The Morgan fingerprint density at radius 1 is 0.571 bits per heavy atom. The average Bonchev–Trinajstić information content (AvgIpc) is 3.59. The summed E-state index contributed by atoms with van der Waals surface area (Å²) in [6, 6.07) is 43.1. The van der Waals surface area contributed by atoms with Gasteiger partial charge in [0.1, 0.15) is 11.9 Å². The SMILES string of the molecule is [CH]1[CH][C](C2=N[C@H](c3ccccc3)[C@@H](c3ccccc3)N2)[C](P(c2ccccc2)c2ccccc2)[CH]1. The molecule has 1 fully saturated rings. The van der Waals surface area contributed by atoms with Gasteiger partial charge >= 0.3 is 0 Å². The lowest BCUT2D eigenvalue weighted by molar-refractivity contribution is 0.572. The maximum absolute atomic E-state index is 5.30. The summed E-state index contributed by atoms with van der Waals surface area (Å²) in [5, 5.41) is 6.51. The molecule has 0 bridgehead atoms. The van der Waals surface area contributed by atoms with Crippen LogP contribution in [0.15, 0.2) is 126 Å². The molecule has 2 atom stereocenters. The van der Waals surface area contributed by atoms with Crippen LogP contribution in [0.4, 0.5) is 0 Å². The van der Waals surface area contributed by atoms with Crippen LogP contribution in [0.3, 0.4) is 0 Å². The van der Waals surface area contributed by atoms with E-state index in [1.54, 1.807) is 0 Å². The third kappa shape index (κ3) is 4.56. The predicted molar refractivity (Wildman–Crippen MR) is 147 cm³/mol. The van der Waals surface area contributed by atoms with E-state index in [2.05, 4.69) is 146 Å². The van der Waals surface area contributed by atoms with Gasteiger partial charge in [-0.15, -0.1) is 0 Å². The van der Waals surface area contributed by atoms with E-state index in [4.69, 9.17) is 4.99 Å². The van der Waals surface area contributed by atoms with E-state index >= 15 is 0 Å². The second-order valence-corrected chi connectivity index (χ2v) is 10.9. The quantitative estimate of drug-likeness (QED) is 0.328. The lowest BCUT2D eigenvalue weighted by Gasteiger charge is -2.29. The van der Waals surface area contributed by atoms with Crippen molar-refractivity contribution in [3.05, 3.63) is 163 Å². The minimum atomic E-state index is -0.704. The van der Waals surface area contributed by atoms with Gasteiger partial charge in [-0.2, -0.15) is 0 Å². The fourth-order valence-corrected chi connectivity index (χ4v) is 7.31. The standard InChI is InChI=1S/C32H26N2P/c1-5-14-24(15-6-1)30-31(25-16-7-2-8-17-25)34-32(33-30)28-22-13-23-29(28)35(26-18-9-3-10-19-26)27-20-11-4-12-21-27/h1-23,30-31H,(H,33,34)/t30-,31-/m1/s1. The molecule has 5 radical (unpaired) electrons. The first kappa shape index (κ1) is 22.3. The molecule has 35 heavy (non-hydrogen) atoms. The highest BCUT2D eigenvalue weighted by Gasteiger charge is 2.43. The number of rotatable bonds is 6. The molecule has 1 heterocycles. The van der Waals surface area contributed by atoms with Gasteiger partial charge in [0.15, 0.2) is 0 Å². The molecule has 6 rings (SSSR count). The molecule has 0 amide bonds. The maximum Gasteiger partial charge on any atom is 0.106 e. The molecule has 0 aromatic heterocycles. The molecule has 4 aromatic rings. The summed E-state index contributed by atoms with van der Waals surface area (Å²) < 4.78 is 0. The lowest BCUT2D eigenvalue weighted by atomic mass is 9.95. The summed E-state index contributed by atoms with van der Waals surface area (Å²) in [5.74, 6) is 2.18. The van der Waals surface area contributed by atoms with Crippen LogP contribution in [0.5, 0.6) is 0 Å². The third-order valence-corrected chi connectivity index (χ3v) is 8.99. The van der Waals surface area contributed by atoms with Crippen LogP contribution in [0.25, 0.3) is 0 Å². The smallest absolute Gasteiger partial charge is 0.106 e. The van der Waals surface area contributed by atoms with E-state index in [9.17, 15) is 0 Å². The van der Waals surface area contributed by atoms with Gasteiger partial charge in [0.2, 0.25) is 0 Å². The van der Waals surface area contributed by atoms with Crippen molar-refractivity contribution in [1.82, 2.24) is 5.32 Å². The van der Waals surface area contributed by atoms with E-state index in [0.29, 0.717) is 0 Å². The number of aliphatic imine (C=N–C) groups is 1. The maximum atomic E-state index is 5.30. The molecular formula is C32H26N2P. The number of benzene rings is 4. The molecule has 2 nitrogen and oxygen atoms in total. The first-order valence-electron chi connectivity index (χ1n) is 12.0. The predicted octanol–water partition coefficient (Wildman–Crippen LogP) is 6.34. The van der Waals surface area contributed by atoms with Crippen LogP contribution >= 0.6 is 7.92 Å². The van der Waals surface area contributed by atoms with Gasteiger partial charge in [-0.1, -0.05) is 121 Å². The van der Waals surface area contributed by atoms with Crippen molar-refractivity contribution in [2.75, 3.05) is 0 Å². The van der Waals surface area contributed by atoms with Gasteiger partial charge < -0.3 is 5.32 Å². The average molecular weight is 470 g/mol. The normalized spacial score (nSPS) is 20.7. The van der Waals surface area contributed by atoms with E-state index in [0.717, 1.165) is 5.84 Å². The molecule has 0 unspecified atom stereocenters. The van der Waals surface area contributed by atoms with Gasteiger partial charge in [-0.05, 0) is 48.9 Å². The van der Waals surface area contributed by atoms with Gasteiger partial charge in [0.05, 0.1) is 12.0 Å². The van der Waals surface area contributed by atoms with E-state index < -0.39 is 7.92 Å². The van der Waals surface area contributed by atoms with Crippen molar-refractivity contribution in [2.45, 2.75) is 12.1 Å². The van der Waals surface area contributed by atoms with Crippen LogP contribution in [-0.2, 0) is 0 Å². The molecule has 1 aliphatic heterocycles. The van der Waals surface area contributed by atoms with Crippen LogP contribution in [0.1, 0.15) is 23.2 Å². The molecule has 4 aromatic carbocycles. The highest BCUT2D eigenvalue weighted by Crippen LogP contribution is 2.57. The highest BCUT2D eigenvalue weighted by atomic mass is 31.1. The van der Waals surface area contributed by atoms with Crippen molar-refractivity contribution in [1.29, 1.82) is 0 Å². The van der Waals surface area contributed by atoms with E-state index in [1.807, 2.05) is 0 Å². The van der Waals surface area contributed by atoms with Gasteiger partial charge in [-0.3, -0.25) is 4.99 Å². The number of nitrogens with zero attached hydrogens (tertiary/aromatic N) is 1. The Bertz CT molecular complexity index is 1220. The minimum absolute atomic E-state index is 0.0241. The Balaban J connectivity index is 1.38. The summed E-state index contributed by atoms with van der Waals surface area (Å²) in [7, 11) is -0.704. The first-order chi connectivity index (χ1) is 17.4. The molecule has 1 N–H and O–H groups in total. The van der Waals surface area contributed by atoms with Crippen molar-refractivity contribution in [3.8, 4) is 0 Å². The fourth-order valence-electron chi connectivity index (χ4n) is 4.85. The van der Waals surface area contributed by atoms with Crippen LogP contribution < -0.4 is 15.9 Å². The largest absolute Gasteiger partial charge is 0.364 e. The Labute approximate surface area is 209 Å². The van der Waals surface area contributed by atoms with Gasteiger partial charge in [0.25, 0.3) is 0 Å². The summed E-state index contributed by atoms with van der Waals surface area (Å²) in [6.45, 7) is 0. The van der Waals surface area contributed by atoms with E-state index in [-0.39, 0.29) is 12.1 Å². The fraction of sp³-hybridized carbons (Fsp3) is 0.0625. The van der Waals surface area contributed by atoms with Crippen molar-refractivity contribution in [3.63, 3.8) is 0 Å². The molecule has 169 valence electrons. The zero-order chi connectivity index (χ0) is 23.5. The Hall–Kier alpha value is -3.22. The molecule has 1 aliphatic carbocycles. The number of amidine groups is 1. The molecule has 0 spiro atoms. The third-order valence-electron chi connectivity index (χ3n) is 6.49. The van der Waals surface area contributed by atoms with Gasteiger partial charge in [-0.25, -0.2) is 0 Å². The molecule has 0 saturated heterocycles. The van der Waals surface area contributed by atoms with Crippen LogP contribution in [0.2, 0.25) is 0 Å². The lowest BCUT2D eigenvalue weighted by Crippen LogP contribution is -2.31. The van der Waals surface area contributed by atoms with Crippen LogP contribution in [-0.4, -0.2) is 5.84 Å². The molecule has 3 heteroatoms. The highest BCUT2D eigenvalue weighted by molar-refractivity contribution is 7.76. The summed E-state index contributed by atoms with van der Waals surface area (Å²) >= 11 is 0. The topological polar surface area (TPSA) is 24.4 Å². The zero-order valence-corrected chi connectivity index (χ0v) is 20.2. The monoisotopic (exact) mass is 469 g/mol. The molecule has 2 aliphatic rings. The number of hydrogen-bond donors (Lipinski definition) is 1. The summed E-state index contributed by atoms with van der Waals surface area (Å²) in [4.78, 5) is 5.30. The van der Waals surface area contributed by atoms with Crippen molar-refractivity contribution < 1.29 is 0 Å². The van der Waals surface area contributed by atoms with Crippen LogP contribution in [0, 0.1) is 30.8 Å². The second-order valence-electron chi connectivity index (χ2n) is 8.70. The Morgan fingerprint density at radius 3 is 1.66 bits per heavy atom. The Morgan fingerprint density at radius 2 is 1.09 bits per heavy atom. The van der Waals surface area contributed by atoms with Gasteiger partial charge in [0, 0.05) is 5.66 Å². The minimum Gasteiger partial charge on any atom is -0.364 e. The number of nitrogens with one attached hydrogen (secondary N) is 1. The second kappa shape index (κ2) is 10.2.